The fraction of sp³-hybridized carbons (Fsp3) is 0.625. The molecule has 2 N–H and O–H groups in total. The summed E-state index contributed by atoms with van der Waals surface area (Å²) in [6.45, 7) is 4.50. The molecule has 0 radical (unpaired) electrons. The van der Waals surface area contributed by atoms with E-state index < -0.39 is 0 Å². The summed E-state index contributed by atoms with van der Waals surface area (Å²) in [5.41, 5.74) is 2.73. The van der Waals surface area contributed by atoms with Crippen LogP contribution in [0.2, 0.25) is 0 Å². The zero-order valence-electron chi connectivity index (χ0n) is 12.1. The third-order valence-electron chi connectivity index (χ3n) is 4.11. The van der Waals surface area contributed by atoms with E-state index in [1.54, 1.807) is 7.11 Å². The number of hydrogen-bond acceptors (Lipinski definition) is 3. The number of rotatable bonds is 5. The first-order valence-electron chi connectivity index (χ1n) is 7.17. The molecule has 0 aromatic heterocycles. The van der Waals surface area contributed by atoms with E-state index in [-0.39, 0.29) is 12.6 Å². The van der Waals surface area contributed by atoms with Gasteiger partial charge in [-0.3, -0.25) is 0 Å². The van der Waals surface area contributed by atoms with E-state index in [1.807, 2.05) is 6.07 Å². The van der Waals surface area contributed by atoms with Crippen molar-refractivity contribution >= 4 is 0 Å². The second kappa shape index (κ2) is 6.40. The SMILES string of the molecule is COc1cccc2c1CC[C@H](N[C@H](CO)C(C)C)C2. The molecule has 0 amide bonds. The lowest BCUT2D eigenvalue weighted by atomic mass is 9.87. The van der Waals surface area contributed by atoms with Crippen molar-refractivity contribution in [2.24, 2.45) is 5.92 Å². The van der Waals surface area contributed by atoms with Crippen molar-refractivity contribution in [1.82, 2.24) is 5.32 Å². The summed E-state index contributed by atoms with van der Waals surface area (Å²) in [6, 6.07) is 6.94. The van der Waals surface area contributed by atoms with Crippen LogP contribution >= 0.6 is 0 Å². The Morgan fingerprint density at radius 2 is 2.21 bits per heavy atom. The Bertz CT molecular complexity index is 417. The number of benzene rings is 1. The second-order valence-electron chi connectivity index (χ2n) is 5.74. The van der Waals surface area contributed by atoms with E-state index in [0.29, 0.717) is 12.0 Å². The standard InChI is InChI=1S/C16H25NO2/c1-11(2)15(10-18)17-13-7-8-14-12(9-13)5-4-6-16(14)19-3/h4-6,11,13,15,17-18H,7-10H2,1-3H3/t13-,15+/m0/s1. The lowest BCUT2D eigenvalue weighted by Gasteiger charge is -2.31. The highest BCUT2D eigenvalue weighted by Crippen LogP contribution is 2.29. The number of aliphatic hydroxyl groups excluding tert-OH is 1. The zero-order chi connectivity index (χ0) is 13.8. The quantitative estimate of drug-likeness (QED) is 0.855. The number of nitrogens with one attached hydrogen (secondary N) is 1. The maximum atomic E-state index is 9.42. The smallest absolute Gasteiger partial charge is 0.122 e. The van der Waals surface area contributed by atoms with Crippen molar-refractivity contribution < 1.29 is 9.84 Å². The fourth-order valence-corrected chi connectivity index (χ4v) is 2.86. The first-order chi connectivity index (χ1) is 9.15. The minimum Gasteiger partial charge on any atom is -0.496 e. The van der Waals surface area contributed by atoms with Gasteiger partial charge in [-0.2, -0.15) is 0 Å². The van der Waals surface area contributed by atoms with Crippen molar-refractivity contribution in [2.45, 2.75) is 45.2 Å². The Labute approximate surface area is 116 Å². The largest absolute Gasteiger partial charge is 0.496 e. The van der Waals surface area contributed by atoms with Gasteiger partial charge in [0.1, 0.15) is 5.75 Å². The highest BCUT2D eigenvalue weighted by Gasteiger charge is 2.24. The van der Waals surface area contributed by atoms with Crippen LogP contribution in [0.25, 0.3) is 0 Å². The Morgan fingerprint density at radius 3 is 2.84 bits per heavy atom. The number of fused-ring (bicyclic) bond motifs is 1. The molecule has 1 aliphatic rings. The van der Waals surface area contributed by atoms with E-state index in [2.05, 4.69) is 31.3 Å². The molecule has 3 heteroatoms. The molecule has 0 fully saturated rings. The molecule has 1 aromatic carbocycles. The average molecular weight is 263 g/mol. The van der Waals surface area contributed by atoms with Crippen LogP contribution in [0.1, 0.15) is 31.4 Å². The first-order valence-corrected chi connectivity index (χ1v) is 7.17. The lowest BCUT2D eigenvalue weighted by Crippen LogP contribution is -2.46. The van der Waals surface area contributed by atoms with Gasteiger partial charge in [-0.15, -0.1) is 0 Å². The Kier molecular flexibility index (Phi) is 4.83. The highest BCUT2D eigenvalue weighted by molar-refractivity contribution is 5.42. The Hall–Kier alpha value is -1.06. The highest BCUT2D eigenvalue weighted by atomic mass is 16.5. The van der Waals surface area contributed by atoms with Gasteiger partial charge >= 0.3 is 0 Å². The summed E-state index contributed by atoms with van der Waals surface area (Å²) in [5, 5.41) is 13.0. The van der Waals surface area contributed by atoms with Gasteiger partial charge in [-0.1, -0.05) is 26.0 Å². The molecule has 19 heavy (non-hydrogen) atoms. The predicted octanol–water partition coefficient (Wildman–Crippen LogP) is 2.16. The summed E-state index contributed by atoms with van der Waals surface area (Å²) < 4.78 is 5.43. The molecule has 2 atom stereocenters. The normalized spacial score (nSPS) is 20.2. The van der Waals surface area contributed by atoms with Gasteiger partial charge in [0.05, 0.1) is 13.7 Å². The molecule has 2 rings (SSSR count). The summed E-state index contributed by atoms with van der Waals surface area (Å²) in [4.78, 5) is 0. The average Bonchev–Trinajstić information content (AvgIpc) is 2.43. The molecule has 0 saturated heterocycles. The predicted molar refractivity (Wildman–Crippen MR) is 77.7 cm³/mol. The monoisotopic (exact) mass is 263 g/mol. The summed E-state index contributed by atoms with van der Waals surface area (Å²) in [5.74, 6) is 1.47. The van der Waals surface area contributed by atoms with E-state index in [9.17, 15) is 5.11 Å². The van der Waals surface area contributed by atoms with Crippen LogP contribution in [-0.4, -0.2) is 30.9 Å². The molecule has 0 bridgehead atoms. The Balaban J connectivity index is 2.06. The van der Waals surface area contributed by atoms with Gasteiger partial charge in [0.2, 0.25) is 0 Å². The topological polar surface area (TPSA) is 41.5 Å². The maximum absolute atomic E-state index is 9.42. The van der Waals surface area contributed by atoms with Crippen LogP contribution in [0.4, 0.5) is 0 Å². The summed E-state index contributed by atoms with van der Waals surface area (Å²) >= 11 is 0. The number of ether oxygens (including phenoxy) is 1. The molecule has 0 spiro atoms. The van der Waals surface area contributed by atoms with Crippen LogP contribution < -0.4 is 10.1 Å². The van der Waals surface area contributed by atoms with E-state index in [1.165, 1.54) is 11.1 Å². The molecular formula is C16H25NO2. The summed E-state index contributed by atoms with van der Waals surface area (Å²) in [6.07, 6.45) is 3.18. The molecule has 0 heterocycles. The van der Waals surface area contributed by atoms with Crippen LogP contribution in [0, 0.1) is 5.92 Å². The third-order valence-corrected chi connectivity index (χ3v) is 4.11. The molecule has 0 saturated carbocycles. The van der Waals surface area contributed by atoms with Crippen molar-refractivity contribution in [3.63, 3.8) is 0 Å². The number of methoxy groups -OCH3 is 1. The second-order valence-corrected chi connectivity index (χ2v) is 5.74. The molecule has 0 aliphatic heterocycles. The van der Waals surface area contributed by atoms with Crippen LogP contribution in [0.15, 0.2) is 18.2 Å². The zero-order valence-corrected chi connectivity index (χ0v) is 12.1. The van der Waals surface area contributed by atoms with Gasteiger partial charge in [0, 0.05) is 12.1 Å². The summed E-state index contributed by atoms with van der Waals surface area (Å²) in [7, 11) is 1.74. The van der Waals surface area contributed by atoms with E-state index in [4.69, 9.17) is 4.74 Å². The minimum atomic E-state index is 0.192. The van der Waals surface area contributed by atoms with E-state index in [0.717, 1.165) is 25.0 Å². The van der Waals surface area contributed by atoms with Crippen LogP contribution in [-0.2, 0) is 12.8 Å². The van der Waals surface area contributed by atoms with Gasteiger partial charge in [0.25, 0.3) is 0 Å². The number of hydrogen-bond donors (Lipinski definition) is 2. The maximum Gasteiger partial charge on any atom is 0.122 e. The van der Waals surface area contributed by atoms with E-state index >= 15 is 0 Å². The first kappa shape index (κ1) is 14.4. The van der Waals surface area contributed by atoms with Gasteiger partial charge in [-0.05, 0) is 42.4 Å². The van der Waals surface area contributed by atoms with Gasteiger partial charge in [-0.25, -0.2) is 0 Å². The Morgan fingerprint density at radius 1 is 1.42 bits per heavy atom. The van der Waals surface area contributed by atoms with Gasteiger partial charge in [0.15, 0.2) is 0 Å². The molecular weight excluding hydrogens is 238 g/mol. The number of aliphatic hydroxyl groups is 1. The van der Waals surface area contributed by atoms with Crippen molar-refractivity contribution in [1.29, 1.82) is 0 Å². The molecule has 1 aliphatic carbocycles. The fourth-order valence-electron chi connectivity index (χ4n) is 2.86. The minimum absolute atomic E-state index is 0.192. The van der Waals surface area contributed by atoms with Crippen molar-refractivity contribution in [2.75, 3.05) is 13.7 Å². The molecule has 106 valence electrons. The van der Waals surface area contributed by atoms with Crippen LogP contribution in [0.5, 0.6) is 5.75 Å². The van der Waals surface area contributed by atoms with Gasteiger partial charge < -0.3 is 15.2 Å². The van der Waals surface area contributed by atoms with Crippen molar-refractivity contribution in [3.05, 3.63) is 29.3 Å². The lowest BCUT2D eigenvalue weighted by molar-refractivity contribution is 0.195. The van der Waals surface area contributed by atoms with Crippen LogP contribution in [0.3, 0.4) is 0 Å². The molecule has 1 aromatic rings. The third kappa shape index (κ3) is 3.28. The van der Waals surface area contributed by atoms with Crippen molar-refractivity contribution in [3.8, 4) is 5.75 Å². The molecule has 3 nitrogen and oxygen atoms in total. The molecule has 0 unspecified atom stereocenters.